The Morgan fingerprint density at radius 2 is 2.44 bits per heavy atom. The Labute approximate surface area is 93.5 Å². The number of ether oxygens (including phenoxy) is 1. The van der Waals surface area contributed by atoms with Crippen molar-refractivity contribution in [1.29, 1.82) is 0 Å². The predicted octanol–water partition coefficient (Wildman–Crippen LogP) is 0.512. The van der Waals surface area contributed by atoms with Gasteiger partial charge in [-0.2, -0.15) is 5.10 Å². The number of hydrogen-bond donors (Lipinski definition) is 1. The standard InChI is InChI=1S/C10H11BN3O2/c1-3-16-10(15)6-4-7-8(12-5-6)9(11-2)14-13-7/h4-5H,3H2,1-2H3,(H,13,14). The van der Waals surface area contributed by atoms with E-state index in [-0.39, 0.29) is 5.97 Å². The molecule has 2 aromatic rings. The molecule has 0 aliphatic heterocycles. The number of pyridine rings is 1. The molecular formula is C10H11BN3O2. The van der Waals surface area contributed by atoms with Crippen LogP contribution in [0.3, 0.4) is 0 Å². The van der Waals surface area contributed by atoms with Gasteiger partial charge in [-0.25, -0.2) is 4.79 Å². The van der Waals surface area contributed by atoms with Crippen molar-refractivity contribution in [2.75, 3.05) is 6.61 Å². The summed E-state index contributed by atoms with van der Waals surface area (Å²) >= 11 is 0. The van der Waals surface area contributed by atoms with E-state index in [0.717, 1.165) is 11.1 Å². The number of nitrogens with one attached hydrogen (secondary N) is 1. The quantitative estimate of drug-likeness (QED) is 0.599. The molecule has 0 unspecified atom stereocenters. The molecule has 0 saturated heterocycles. The number of rotatable bonds is 3. The molecule has 2 rings (SSSR count). The van der Waals surface area contributed by atoms with E-state index in [1.54, 1.807) is 13.0 Å². The van der Waals surface area contributed by atoms with Crippen LogP contribution in [0, 0.1) is 0 Å². The Morgan fingerprint density at radius 1 is 1.62 bits per heavy atom. The molecule has 0 bridgehead atoms. The van der Waals surface area contributed by atoms with Gasteiger partial charge in [-0.1, -0.05) is 6.82 Å². The molecule has 0 aliphatic rings. The van der Waals surface area contributed by atoms with Crippen LogP contribution in [0.5, 0.6) is 0 Å². The molecule has 0 spiro atoms. The highest BCUT2D eigenvalue weighted by molar-refractivity contribution is 6.54. The van der Waals surface area contributed by atoms with Gasteiger partial charge in [-0.3, -0.25) is 10.1 Å². The van der Waals surface area contributed by atoms with Crippen LogP contribution in [-0.2, 0) is 4.74 Å². The molecule has 0 amide bonds. The molecule has 1 N–H and O–H groups in total. The number of aromatic nitrogens is 3. The van der Waals surface area contributed by atoms with Gasteiger partial charge in [-0.15, -0.1) is 0 Å². The van der Waals surface area contributed by atoms with E-state index < -0.39 is 0 Å². The Morgan fingerprint density at radius 3 is 3.12 bits per heavy atom. The van der Waals surface area contributed by atoms with Crippen molar-refractivity contribution < 1.29 is 9.53 Å². The summed E-state index contributed by atoms with van der Waals surface area (Å²) in [5, 5.41) is 6.91. The highest BCUT2D eigenvalue weighted by atomic mass is 16.5. The van der Waals surface area contributed by atoms with Crippen molar-refractivity contribution in [2.24, 2.45) is 0 Å². The van der Waals surface area contributed by atoms with Gasteiger partial charge in [0.1, 0.15) is 11.0 Å². The van der Waals surface area contributed by atoms with Gasteiger partial charge in [0.25, 0.3) is 0 Å². The van der Waals surface area contributed by atoms with Crippen LogP contribution in [0.1, 0.15) is 17.3 Å². The van der Waals surface area contributed by atoms with Gasteiger partial charge < -0.3 is 4.74 Å². The second-order valence-electron chi connectivity index (χ2n) is 3.24. The maximum absolute atomic E-state index is 11.5. The average molecular weight is 216 g/mol. The lowest BCUT2D eigenvalue weighted by Crippen LogP contribution is -2.13. The minimum atomic E-state index is -0.373. The topological polar surface area (TPSA) is 67.9 Å². The fraction of sp³-hybridized carbons (Fsp3) is 0.300. The summed E-state index contributed by atoms with van der Waals surface area (Å²) in [6, 6.07) is 1.67. The molecule has 6 heteroatoms. The van der Waals surface area contributed by atoms with E-state index in [2.05, 4.69) is 15.2 Å². The zero-order chi connectivity index (χ0) is 11.5. The number of aromatic amines is 1. The van der Waals surface area contributed by atoms with Gasteiger partial charge in [0.05, 0.1) is 12.2 Å². The summed E-state index contributed by atoms with van der Waals surface area (Å²) in [5.74, 6) is -0.373. The Balaban J connectivity index is 2.41. The first-order chi connectivity index (χ1) is 7.76. The summed E-state index contributed by atoms with van der Waals surface area (Å²) in [6.07, 6.45) is 1.50. The lowest BCUT2D eigenvalue weighted by atomic mass is 9.77. The van der Waals surface area contributed by atoms with Gasteiger partial charge in [0.15, 0.2) is 7.28 Å². The maximum Gasteiger partial charge on any atom is 0.339 e. The lowest BCUT2D eigenvalue weighted by molar-refractivity contribution is 0.0526. The zero-order valence-electron chi connectivity index (χ0n) is 9.15. The number of nitrogens with zero attached hydrogens (tertiary/aromatic N) is 2. The van der Waals surface area contributed by atoms with Gasteiger partial charge >= 0.3 is 5.97 Å². The maximum atomic E-state index is 11.5. The molecule has 5 nitrogen and oxygen atoms in total. The van der Waals surface area contributed by atoms with E-state index in [0.29, 0.717) is 17.7 Å². The number of esters is 1. The fourth-order valence-corrected chi connectivity index (χ4v) is 1.45. The normalized spacial score (nSPS) is 10.4. The molecular weight excluding hydrogens is 205 g/mol. The Bertz CT molecular complexity index is 524. The number of fused-ring (bicyclic) bond motifs is 1. The van der Waals surface area contributed by atoms with Crippen LogP contribution in [0.15, 0.2) is 12.3 Å². The highest BCUT2D eigenvalue weighted by Crippen LogP contribution is 2.09. The Kier molecular flexibility index (Phi) is 2.89. The van der Waals surface area contributed by atoms with Crippen LogP contribution in [0.4, 0.5) is 0 Å². The summed E-state index contributed by atoms with van der Waals surface area (Å²) in [7, 11) is 1.88. The number of carbonyl (C=O) groups excluding carboxylic acids is 1. The van der Waals surface area contributed by atoms with Crippen molar-refractivity contribution in [1.82, 2.24) is 15.2 Å². The average Bonchev–Trinajstić information content (AvgIpc) is 2.71. The van der Waals surface area contributed by atoms with Crippen molar-refractivity contribution in [3.05, 3.63) is 17.8 Å². The third kappa shape index (κ3) is 1.78. The predicted molar refractivity (Wildman–Crippen MR) is 61.1 cm³/mol. The first-order valence-corrected chi connectivity index (χ1v) is 5.07. The molecule has 0 fully saturated rings. The fourth-order valence-electron chi connectivity index (χ4n) is 1.45. The SMILES string of the molecule is C[B]c1[nH]nc2cc(C(=O)OCC)cnc12. The van der Waals surface area contributed by atoms with Crippen LogP contribution in [-0.4, -0.2) is 35.0 Å². The molecule has 2 aromatic heterocycles. The number of H-pyrrole nitrogens is 1. The second-order valence-corrected chi connectivity index (χ2v) is 3.24. The first-order valence-electron chi connectivity index (χ1n) is 5.07. The minimum Gasteiger partial charge on any atom is -0.462 e. The summed E-state index contributed by atoms with van der Waals surface area (Å²) in [5.41, 5.74) is 2.70. The summed E-state index contributed by atoms with van der Waals surface area (Å²) in [6.45, 7) is 4.02. The molecule has 1 radical (unpaired) electrons. The van der Waals surface area contributed by atoms with Crippen LogP contribution in [0.2, 0.25) is 6.82 Å². The highest BCUT2D eigenvalue weighted by Gasteiger charge is 2.11. The molecule has 16 heavy (non-hydrogen) atoms. The van der Waals surface area contributed by atoms with Crippen LogP contribution >= 0.6 is 0 Å². The zero-order valence-corrected chi connectivity index (χ0v) is 9.15. The van der Waals surface area contributed by atoms with Crippen molar-refractivity contribution in [3.63, 3.8) is 0 Å². The van der Waals surface area contributed by atoms with E-state index >= 15 is 0 Å². The van der Waals surface area contributed by atoms with Gasteiger partial charge in [0.2, 0.25) is 0 Å². The number of hydrogen-bond acceptors (Lipinski definition) is 4. The van der Waals surface area contributed by atoms with E-state index in [4.69, 9.17) is 4.74 Å². The van der Waals surface area contributed by atoms with Crippen LogP contribution in [0.25, 0.3) is 11.0 Å². The first kappa shape index (κ1) is 10.7. The molecule has 0 aromatic carbocycles. The van der Waals surface area contributed by atoms with Gasteiger partial charge in [0, 0.05) is 11.8 Å². The van der Waals surface area contributed by atoms with Crippen molar-refractivity contribution in [2.45, 2.75) is 13.7 Å². The Hall–Kier alpha value is -1.85. The van der Waals surface area contributed by atoms with Crippen molar-refractivity contribution >= 4 is 29.9 Å². The monoisotopic (exact) mass is 216 g/mol. The summed E-state index contributed by atoms with van der Waals surface area (Å²) in [4.78, 5) is 15.6. The minimum absolute atomic E-state index is 0.353. The molecule has 0 saturated carbocycles. The summed E-state index contributed by atoms with van der Waals surface area (Å²) < 4.78 is 4.89. The van der Waals surface area contributed by atoms with Crippen LogP contribution < -0.4 is 5.59 Å². The van der Waals surface area contributed by atoms with E-state index in [1.807, 2.05) is 14.1 Å². The van der Waals surface area contributed by atoms with Gasteiger partial charge in [-0.05, 0) is 13.0 Å². The molecule has 81 valence electrons. The smallest absolute Gasteiger partial charge is 0.339 e. The molecule has 0 atom stereocenters. The third-order valence-electron chi connectivity index (χ3n) is 2.22. The number of carbonyl (C=O) groups is 1. The second kappa shape index (κ2) is 4.34. The lowest BCUT2D eigenvalue weighted by Gasteiger charge is -2.00. The van der Waals surface area contributed by atoms with Crippen molar-refractivity contribution in [3.8, 4) is 0 Å². The largest absolute Gasteiger partial charge is 0.462 e. The molecule has 2 heterocycles. The van der Waals surface area contributed by atoms with E-state index in [9.17, 15) is 4.79 Å². The molecule has 0 aliphatic carbocycles. The third-order valence-corrected chi connectivity index (χ3v) is 2.22. The van der Waals surface area contributed by atoms with E-state index in [1.165, 1.54) is 6.20 Å².